The van der Waals surface area contributed by atoms with E-state index in [1.807, 2.05) is 0 Å². The topological polar surface area (TPSA) is 64.9 Å². The molecule has 1 aliphatic carbocycles. The fourth-order valence-corrected chi connectivity index (χ4v) is 3.38. The molecule has 2 N–H and O–H groups in total. The Morgan fingerprint density at radius 3 is 2.62 bits per heavy atom. The number of nitrogens with zero attached hydrogens (tertiary/aromatic N) is 2. The summed E-state index contributed by atoms with van der Waals surface area (Å²) in [4.78, 5) is 5.78. The number of benzene rings is 1. The summed E-state index contributed by atoms with van der Waals surface area (Å²) in [6, 6.07) is 8.85. The molecule has 1 saturated carbocycles. The van der Waals surface area contributed by atoms with Gasteiger partial charge in [-0.25, -0.2) is 0 Å². The molecule has 0 saturated heterocycles. The molecule has 0 amide bonds. The Kier molecular flexibility index (Phi) is 4.60. The van der Waals surface area contributed by atoms with Crippen molar-refractivity contribution in [2.75, 3.05) is 0 Å². The minimum absolute atomic E-state index is 0.348. The zero-order valence-corrected chi connectivity index (χ0v) is 13.1. The van der Waals surface area contributed by atoms with E-state index in [1.54, 1.807) is 11.8 Å². The van der Waals surface area contributed by atoms with Crippen LogP contribution in [0.1, 0.15) is 48.9 Å². The Hall–Kier alpha value is -1.33. The summed E-state index contributed by atoms with van der Waals surface area (Å²) in [7, 11) is 0. The molecule has 1 aromatic carbocycles. The van der Waals surface area contributed by atoms with E-state index < -0.39 is 0 Å². The first-order valence-electron chi connectivity index (χ1n) is 7.48. The lowest BCUT2D eigenvalue weighted by Gasteiger charge is -2.22. The third-order valence-electron chi connectivity index (χ3n) is 3.99. The highest BCUT2D eigenvalue weighted by atomic mass is 32.2. The van der Waals surface area contributed by atoms with Crippen molar-refractivity contribution >= 4 is 11.8 Å². The van der Waals surface area contributed by atoms with E-state index in [2.05, 4.69) is 41.3 Å². The second-order valence-electron chi connectivity index (χ2n) is 5.76. The first-order valence-corrected chi connectivity index (χ1v) is 8.47. The average molecular weight is 303 g/mol. The van der Waals surface area contributed by atoms with Crippen LogP contribution >= 0.6 is 11.8 Å². The van der Waals surface area contributed by atoms with Gasteiger partial charge in [0.05, 0.1) is 5.75 Å². The van der Waals surface area contributed by atoms with Crippen LogP contribution in [0.5, 0.6) is 0 Å². The van der Waals surface area contributed by atoms with Gasteiger partial charge in [0.2, 0.25) is 5.89 Å². The molecule has 1 fully saturated rings. The van der Waals surface area contributed by atoms with E-state index in [0.29, 0.717) is 12.0 Å². The largest absolute Gasteiger partial charge is 0.339 e. The van der Waals surface area contributed by atoms with Gasteiger partial charge >= 0.3 is 0 Å². The van der Waals surface area contributed by atoms with Gasteiger partial charge in [-0.05, 0) is 44.7 Å². The summed E-state index contributed by atoms with van der Waals surface area (Å²) in [5.74, 6) is 2.72. The average Bonchev–Trinajstić information content (AvgIpc) is 2.96. The predicted octanol–water partition coefficient (Wildman–Crippen LogP) is 3.66. The molecule has 1 aromatic heterocycles. The standard InChI is InChI=1S/C16H21N3OS/c1-11-2-8-14(9-3-11)21-10-15-18-16(20-19-15)12-4-6-13(17)7-5-12/h2-3,8-9,12-13H,4-7,10,17H2,1H3. The van der Waals surface area contributed by atoms with Crippen LogP contribution in [0.15, 0.2) is 33.7 Å². The summed E-state index contributed by atoms with van der Waals surface area (Å²) in [6.45, 7) is 2.09. The van der Waals surface area contributed by atoms with E-state index >= 15 is 0 Å². The zero-order chi connectivity index (χ0) is 14.7. The summed E-state index contributed by atoms with van der Waals surface area (Å²) >= 11 is 1.74. The van der Waals surface area contributed by atoms with Crippen molar-refractivity contribution in [3.8, 4) is 0 Å². The molecule has 1 heterocycles. The van der Waals surface area contributed by atoms with E-state index in [9.17, 15) is 0 Å². The minimum Gasteiger partial charge on any atom is -0.339 e. The van der Waals surface area contributed by atoms with Crippen molar-refractivity contribution in [3.05, 3.63) is 41.5 Å². The van der Waals surface area contributed by atoms with E-state index in [1.165, 1.54) is 10.5 Å². The van der Waals surface area contributed by atoms with Crippen molar-refractivity contribution in [2.45, 2.75) is 55.2 Å². The number of aromatic nitrogens is 2. The molecule has 0 radical (unpaired) electrons. The Morgan fingerprint density at radius 1 is 1.19 bits per heavy atom. The Balaban J connectivity index is 1.56. The summed E-state index contributed by atoms with van der Waals surface area (Å²) in [6.07, 6.45) is 4.24. The number of nitrogens with two attached hydrogens (primary N) is 1. The Labute approximate surface area is 129 Å². The Morgan fingerprint density at radius 2 is 1.90 bits per heavy atom. The zero-order valence-electron chi connectivity index (χ0n) is 12.3. The molecular weight excluding hydrogens is 282 g/mol. The third-order valence-corrected chi connectivity index (χ3v) is 5.00. The van der Waals surface area contributed by atoms with Crippen molar-refractivity contribution in [3.63, 3.8) is 0 Å². The molecular formula is C16H21N3OS. The maximum absolute atomic E-state index is 5.93. The lowest BCUT2D eigenvalue weighted by Crippen LogP contribution is -2.25. The molecule has 4 nitrogen and oxygen atoms in total. The summed E-state index contributed by atoms with van der Waals surface area (Å²) < 4.78 is 5.43. The molecule has 2 aromatic rings. The molecule has 3 rings (SSSR count). The molecule has 0 unspecified atom stereocenters. The predicted molar refractivity (Wildman–Crippen MR) is 84.2 cm³/mol. The van der Waals surface area contributed by atoms with Crippen LogP contribution in [0, 0.1) is 6.92 Å². The van der Waals surface area contributed by atoms with E-state index in [4.69, 9.17) is 10.3 Å². The number of hydrogen-bond acceptors (Lipinski definition) is 5. The summed E-state index contributed by atoms with van der Waals surface area (Å²) in [5, 5.41) is 4.10. The fraction of sp³-hybridized carbons (Fsp3) is 0.500. The summed E-state index contributed by atoms with van der Waals surface area (Å²) in [5.41, 5.74) is 7.21. The van der Waals surface area contributed by atoms with Crippen LogP contribution in [0.2, 0.25) is 0 Å². The van der Waals surface area contributed by atoms with Crippen molar-refractivity contribution < 1.29 is 4.52 Å². The maximum atomic E-state index is 5.93. The van der Waals surface area contributed by atoms with Gasteiger partial charge < -0.3 is 10.3 Å². The minimum atomic E-state index is 0.348. The molecule has 0 bridgehead atoms. The molecule has 112 valence electrons. The van der Waals surface area contributed by atoms with E-state index in [-0.39, 0.29) is 0 Å². The first-order chi connectivity index (χ1) is 10.2. The molecule has 0 aliphatic heterocycles. The van der Waals surface area contributed by atoms with Gasteiger partial charge in [0.15, 0.2) is 5.82 Å². The smallest absolute Gasteiger partial charge is 0.229 e. The van der Waals surface area contributed by atoms with Gasteiger partial charge in [0.1, 0.15) is 0 Å². The van der Waals surface area contributed by atoms with Gasteiger partial charge in [0.25, 0.3) is 0 Å². The second kappa shape index (κ2) is 6.62. The quantitative estimate of drug-likeness (QED) is 0.873. The fourth-order valence-electron chi connectivity index (χ4n) is 2.64. The molecule has 5 heteroatoms. The third kappa shape index (κ3) is 3.86. The number of aryl methyl sites for hydroxylation is 1. The normalized spacial score (nSPS) is 22.4. The van der Waals surface area contributed by atoms with Gasteiger partial charge in [-0.3, -0.25) is 0 Å². The highest BCUT2D eigenvalue weighted by Gasteiger charge is 2.24. The number of thioether (sulfide) groups is 1. The highest BCUT2D eigenvalue weighted by molar-refractivity contribution is 7.98. The first kappa shape index (κ1) is 14.6. The number of rotatable bonds is 4. The maximum Gasteiger partial charge on any atom is 0.229 e. The SMILES string of the molecule is Cc1ccc(SCc2noc(C3CCC(N)CC3)n2)cc1. The monoisotopic (exact) mass is 303 g/mol. The van der Waals surface area contributed by atoms with Gasteiger partial charge in [-0.2, -0.15) is 4.98 Å². The molecule has 0 atom stereocenters. The van der Waals surface area contributed by atoms with Gasteiger partial charge in [0, 0.05) is 16.9 Å². The van der Waals surface area contributed by atoms with E-state index in [0.717, 1.165) is 43.2 Å². The van der Waals surface area contributed by atoms with Crippen LogP contribution in [-0.2, 0) is 5.75 Å². The molecule has 1 aliphatic rings. The van der Waals surface area contributed by atoms with Gasteiger partial charge in [-0.15, -0.1) is 11.8 Å². The van der Waals surface area contributed by atoms with Crippen LogP contribution in [-0.4, -0.2) is 16.2 Å². The van der Waals surface area contributed by atoms with Gasteiger partial charge in [-0.1, -0.05) is 22.9 Å². The van der Waals surface area contributed by atoms with Crippen LogP contribution < -0.4 is 5.73 Å². The molecule has 21 heavy (non-hydrogen) atoms. The van der Waals surface area contributed by atoms with Crippen LogP contribution in [0.3, 0.4) is 0 Å². The highest BCUT2D eigenvalue weighted by Crippen LogP contribution is 2.31. The number of hydrogen-bond donors (Lipinski definition) is 1. The van der Waals surface area contributed by atoms with Crippen molar-refractivity contribution in [1.29, 1.82) is 0 Å². The van der Waals surface area contributed by atoms with Crippen LogP contribution in [0.25, 0.3) is 0 Å². The lowest BCUT2D eigenvalue weighted by molar-refractivity contribution is 0.300. The van der Waals surface area contributed by atoms with Crippen LogP contribution in [0.4, 0.5) is 0 Å². The second-order valence-corrected chi connectivity index (χ2v) is 6.81. The Bertz CT molecular complexity index is 573. The van der Waals surface area contributed by atoms with Crippen molar-refractivity contribution in [1.82, 2.24) is 10.1 Å². The van der Waals surface area contributed by atoms with Crippen molar-refractivity contribution in [2.24, 2.45) is 5.73 Å². The lowest BCUT2D eigenvalue weighted by atomic mass is 9.86. The molecule has 0 spiro atoms.